The second kappa shape index (κ2) is 10.2. The first kappa shape index (κ1) is 24.9. The van der Waals surface area contributed by atoms with Crippen molar-refractivity contribution in [2.75, 3.05) is 37.9 Å². The lowest BCUT2D eigenvalue weighted by molar-refractivity contribution is 0.145. The van der Waals surface area contributed by atoms with Gasteiger partial charge in [0.2, 0.25) is 11.6 Å². The second-order valence-corrected chi connectivity index (χ2v) is 9.27. The lowest BCUT2D eigenvalue weighted by Gasteiger charge is -2.14. The molecule has 0 saturated carbocycles. The van der Waals surface area contributed by atoms with Gasteiger partial charge in [0.1, 0.15) is 28.7 Å². The van der Waals surface area contributed by atoms with E-state index in [2.05, 4.69) is 19.7 Å². The summed E-state index contributed by atoms with van der Waals surface area (Å²) in [4.78, 5) is 25.4. The van der Waals surface area contributed by atoms with E-state index in [9.17, 15) is 13.2 Å². The van der Waals surface area contributed by atoms with Crippen molar-refractivity contribution in [1.29, 1.82) is 0 Å². The highest BCUT2D eigenvalue weighted by molar-refractivity contribution is 7.92. The summed E-state index contributed by atoms with van der Waals surface area (Å²) >= 11 is 0. The number of aryl methyl sites for hydroxylation is 1. The fourth-order valence-electron chi connectivity index (χ4n) is 3.46. The van der Waals surface area contributed by atoms with Crippen LogP contribution in [0.1, 0.15) is 5.69 Å². The molecule has 4 aromatic rings. The molecule has 3 N–H and O–H groups in total. The number of methoxy groups -OCH3 is 2. The minimum atomic E-state index is -4.03. The normalized spacial score (nSPS) is 11.4. The third-order valence-corrected chi connectivity index (χ3v) is 6.69. The highest BCUT2D eigenvalue weighted by Crippen LogP contribution is 2.30. The van der Waals surface area contributed by atoms with Gasteiger partial charge < -0.3 is 19.9 Å². The van der Waals surface area contributed by atoms with Crippen molar-refractivity contribution in [2.45, 2.75) is 11.8 Å². The van der Waals surface area contributed by atoms with Gasteiger partial charge in [0.15, 0.2) is 0 Å². The van der Waals surface area contributed by atoms with E-state index in [1.807, 2.05) is 0 Å². The average Bonchev–Trinajstić information content (AvgIpc) is 2.85. The van der Waals surface area contributed by atoms with Gasteiger partial charge in [-0.3, -0.25) is 13.9 Å². The molecule has 0 bridgehead atoms. The molecule has 188 valence electrons. The van der Waals surface area contributed by atoms with Gasteiger partial charge >= 0.3 is 0 Å². The highest BCUT2D eigenvalue weighted by atomic mass is 32.2. The predicted octanol–water partition coefficient (Wildman–Crippen LogP) is 1.88. The number of rotatable bonds is 9. The number of hydrogen-bond donors (Lipinski definition) is 2. The molecule has 0 radical (unpaired) electrons. The van der Waals surface area contributed by atoms with E-state index < -0.39 is 15.6 Å². The molecular weight excluding hydrogens is 488 g/mol. The molecule has 0 spiro atoms. The van der Waals surface area contributed by atoms with E-state index in [0.717, 1.165) is 0 Å². The molecule has 0 aliphatic rings. The molecule has 4 aromatic heterocycles. The molecule has 0 atom stereocenters. The van der Waals surface area contributed by atoms with Crippen molar-refractivity contribution < 1.29 is 22.6 Å². The number of fused-ring (bicyclic) bond motifs is 1. The van der Waals surface area contributed by atoms with E-state index >= 15 is 0 Å². The number of nitrogens with zero attached hydrogens (tertiary/aromatic N) is 4. The number of nitrogen functional groups attached to an aromatic ring is 1. The third kappa shape index (κ3) is 5.06. The Morgan fingerprint density at radius 1 is 1.06 bits per heavy atom. The zero-order valence-electron chi connectivity index (χ0n) is 19.8. The topological polar surface area (TPSA) is 160 Å². The standard InChI is InChI=1S/C23H24N6O6S/c1-14-19(5-6-20(24)27-14)36(31,32)28-17-10-16(11-26-22(17)34-3)15-4-7-21-25-12-18(35-9-8-33-2)23(30)29(21)13-15/h4-7,10-13,28H,8-9H2,1-3H3,(H2,24,27). The van der Waals surface area contributed by atoms with Crippen LogP contribution in [0.15, 0.2) is 58.6 Å². The van der Waals surface area contributed by atoms with Gasteiger partial charge in [-0.2, -0.15) is 0 Å². The Labute approximate surface area is 206 Å². The molecule has 0 amide bonds. The zero-order valence-corrected chi connectivity index (χ0v) is 20.6. The first-order chi connectivity index (χ1) is 17.2. The lowest BCUT2D eigenvalue weighted by atomic mass is 10.1. The summed E-state index contributed by atoms with van der Waals surface area (Å²) in [5, 5.41) is 0. The number of sulfonamides is 1. The molecule has 13 heteroatoms. The van der Waals surface area contributed by atoms with Crippen LogP contribution in [0.2, 0.25) is 0 Å². The van der Waals surface area contributed by atoms with E-state index in [-0.39, 0.29) is 40.3 Å². The van der Waals surface area contributed by atoms with E-state index in [4.69, 9.17) is 19.9 Å². The maximum Gasteiger partial charge on any atom is 0.300 e. The number of aromatic nitrogens is 4. The van der Waals surface area contributed by atoms with Crippen molar-refractivity contribution >= 4 is 27.2 Å². The van der Waals surface area contributed by atoms with Gasteiger partial charge in [-0.15, -0.1) is 0 Å². The zero-order chi connectivity index (χ0) is 25.9. The monoisotopic (exact) mass is 512 g/mol. The Hall–Kier alpha value is -4.23. The molecule has 12 nitrogen and oxygen atoms in total. The highest BCUT2D eigenvalue weighted by Gasteiger charge is 2.21. The number of pyridine rings is 3. The van der Waals surface area contributed by atoms with Crippen LogP contribution < -0.4 is 25.5 Å². The molecule has 0 aromatic carbocycles. The Balaban J connectivity index is 1.73. The molecule has 4 heterocycles. The average molecular weight is 513 g/mol. The van der Waals surface area contributed by atoms with Crippen molar-refractivity contribution in [1.82, 2.24) is 19.4 Å². The van der Waals surface area contributed by atoms with Crippen LogP contribution in [0.4, 0.5) is 11.5 Å². The maximum atomic E-state index is 13.1. The fourth-order valence-corrected chi connectivity index (χ4v) is 4.69. The van der Waals surface area contributed by atoms with Crippen LogP contribution >= 0.6 is 0 Å². The molecule has 0 aliphatic carbocycles. The quantitative estimate of drug-likeness (QED) is 0.317. The summed E-state index contributed by atoms with van der Waals surface area (Å²) in [6.07, 6.45) is 4.44. The Morgan fingerprint density at radius 3 is 2.58 bits per heavy atom. The minimum absolute atomic E-state index is 0.0338. The summed E-state index contributed by atoms with van der Waals surface area (Å²) in [7, 11) is -1.12. The van der Waals surface area contributed by atoms with Crippen molar-refractivity contribution in [3.63, 3.8) is 0 Å². The second-order valence-electron chi connectivity index (χ2n) is 7.62. The molecule has 0 saturated heterocycles. The summed E-state index contributed by atoms with van der Waals surface area (Å²) in [5.74, 6) is 0.355. The molecule has 0 unspecified atom stereocenters. The SMILES string of the molecule is COCCOc1cnc2ccc(-c3cnc(OC)c(NS(=O)(=O)c4ccc(N)nc4C)c3)cn2c1=O. The van der Waals surface area contributed by atoms with Crippen molar-refractivity contribution in [3.8, 4) is 22.8 Å². The van der Waals surface area contributed by atoms with E-state index in [1.54, 1.807) is 31.3 Å². The molecular formula is C23H24N6O6S. The van der Waals surface area contributed by atoms with Crippen molar-refractivity contribution in [2.24, 2.45) is 0 Å². The minimum Gasteiger partial charge on any atom is -0.484 e. The number of nitrogens with one attached hydrogen (secondary N) is 1. The van der Waals surface area contributed by atoms with Gasteiger partial charge in [-0.05, 0) is 37.3 Å². The van der Waals surface area contributed by atoms with Gasteiger partial charge in [-0.25, -0.2) is 23.4 Å². The summed E-state index contributed by atoms with van der Waals surface area (Å²) < 4.78 is 45.6. The van der Waals surface area contributed by atoms with Crippen LogP contribution in [0.25, 0.3) is 16.8 Å². The predicted molar refractivity (Wildman–Crippen MR) is 133 cm³/mol. The fraction of sp³-hybridized carbons (Fsp3) is 0.217. The largest absolute Gasteiger partial charge is 0.484 e. The van der Waals surface area contributed by atoms with Crippen LogP contribution in [-0.4, -0.2) is 55.2 Å². The van der Waals surface area contributed by atoms with Gasteiger partial charge in [-0.1, -0.05) is 0 Å². The number of hydrogen-bond acceptors (Lipinski definition) is 10. The lowest BCUT2D eigenvalue weighted by Crippen LogP contribution is -2.19. The van der Waals surface area contributed by atoms with Gasteiger partial charge in [0, 0.05) is 30.6 Å². The molecule has 4 rings (SSSR count). The molecule has 36 heavy (non-hydrogen) atoms. The number of ether oxygens (including phenoxy) is 3. The third-order valence-electron chi connectivity index (χ3n) is 5.19. The van der Waals surface area contributed by atoms with Crippen LogP contribution in [0.5, 0.6) is 11.6 Å². The summed E-state index contributed by atoms with van der Waals surface area (Å²) in [6, 6.07) is 7.73. The Bertz CT molecular complexity index is 1590. The van der Waals surface area contributed by atoms with Gasteiger partial charge in [0.25, 0.3) is 15.6 Å². The van der Waals surface area contributed by atoms with Gasteiger partial charge in [0.05, 0.1) is 25.6 Å². The van der Waals surface area contributed by atoms with Crippen LogP contribution in [0.3, 0.4) is 0 Å². The number of anilines is 2. The smallest absolute Gasteiger partial charge is 0.300 e. The Morgan fingerprint density at radius 2 is 1.86 bits per heavy atom. The molecule has 0 fully saturated rings. The molecule has 0 aliphatic heterocycles. The van der Waals surface area contributed by atoms with Crippen molar-refractivity contribution in [3.05, 3.63) is 65.0 Å². The van der Waals surface area contributed by atoms with E-state index in [0.29, 0.717) is 23.4 Å². The maximum absolute atomic E-state index is 13.1. The first-order valence-electron chi connectivity index (χ1n) is 10.7. The van der Waals surface area contributed by atoms with E-state index in [1.165, 1.54) is 43.1 Å². The summed E-state index contributed by atoms with van der Waals surface area (Å²) in [6.45, 7) is 2.07. The first-order valence-corrected chi connectivity index (χ1v) is 12.2. The number of nitrogens with two attached hydrogens (primary N) is 1. The Kier molecular flexibility index (Phi) is 7.03. The summed E-state index contributed by atoms with van der Waals surface area (Å²) in [5.41, 5.74) is 7.12. The van der Waals surface area contributed by atoms with Crippen LogP contribution in [-0.2, 0) is 14.8 Å². The van der Waals surface area contributed by atoms with Crippen LogP contribution in [0, 0.1) is 6.92 Å².